The van der Waals surface area contributed by atoms with Gasteiger partial charge in [0, 0.05) is 11.3 Å². The zero-order valence-electron chi connectivity index (χ0n) is 16.0. The minimum absolute atomic E-state index is 0.0713. The first-order valence-corrected chi connectivity index (χ1v) is 10.4. The first-order chi connectivity index (χ1) is 14.4. The standard InChI is InChI=1S/C22H19F2NO4S/c1-28-19-10-7-17(8-11-19)20-15-18(9-12-21(20)29-22(23)24)25-30(26,27)14-13-16-5-3-2-4-6-16/h2-15,22,25H,1H3/b14-13+. The van der Waals surface area contributed by atoms with Gasteiger partial charge in [-0.05, 0) is 47.5 Å². The topological polar surface area (TPSA) is 64.6 Å². The van der Waals surface area contributed by atoms with Crippen molar-refractivity contribution in [2.45, 2.75) is 6.61 Å². The van der Waals surface area contributed by atoms with Gasteiger partial charge in [-0.2, -0.15) is 8.78 Å². The lowest BCUT2D eigenvalue weighted by molar-refractivity contribution is -0.0494. The van der Waals surface area contributed by atoms with E-state index in [0.29, 0.717) is 16.9 Å². The fourth-order valence-electron chi connectivity index (χ4n) is 2.72. The van der Waals surface area contributed by atoms with Crippen molar-refractivity contribution in [2.24, 2.45) is 0 Å². The van der Waals surface area contributed by atoms with Crippen LogP contribution in [0.25, 0.3) is 17.2 Å². The van der Waals surface area contributed by atoms with Gasteiger partial charge < -0.3 is 9.47 Å². The summed E-state index contributed by atoms with van der Waals surface area (Å²) in [6.45, 7) is -3.02. The predicted octanol–water partition coefficient (Wildman–Crippen LogP) is 5.38. The average molecular weight is 431 g/mol. The van der Waals surface area contributed by atoms with E-state index in [1.54, 1.807) is 48.5 Å². The number of hydrogen-bond donors (Lipinski definition) is 1. The van der Waals surface area contributed by atoms with Crippen molar-refractivity contribution in [3.8, 4) is 22.6 Å². The summed E-state index contributed by atoms with van der Waals surface area (Å²) in [7, 11) is -2.31. The molecule has 5 nitrogen and oxygen atoms in total. The van der Waals surface area contributed by atoms with Gasteiger partial charge in [0.05, 0.1) is 12.5 Å². The number of sulfonamides is 1. The quantitative estimate of drug-likeness (QED) is 0.520. The van der Waals surface area contributed by atoms with Gasteiger partial charge >= 0.3 is 6.61 Å². The van der Waals surface area contributed by atoms with Crippen LogP contribution >= 0.6 is 0 Å². The molecule has 0 aliphatic heterocycles. The summed E-state index contributed by atoms with van der Waals surface area (Å²) in [6.07, 6.45) is 1.46. The highest BCUT2D eigenvalue weighted by Crippen LogP contribution is 2.35. The number of alkyl halides is 2. The van der Waals surface area contributed by atoms with E-state index in [1.807, 2.05) is 6.07 Å². The summed E-state index contributed by atoms with van der Waals surface area (Å²) in [6, 6.07) is 19.7. The van der Waals surface area contributed by atoms with Crippen molar-refractivity contribution < 1.29 is 26.7 Å². The number of methoxy groups -OCH3 is 1. The summed E-state index contributed by atoms with van der Waals surface area (Å²) < 4.78 is 62.5. The van der Waals surface area contributed by atoms with Crippen LogP contribution in [0.2, 0.25) is 0 Å². The number of hydrogen-bond acceptors (Lipinski definition) is 4. The average Bonchev–Trinajstić information content (AvgIpc) is 2.74. The fourth-order valence-corrected chi connectivity index (χ4v) is 3.58. The molecule has 0 aliphatic rings. The van der Waals surface area contributed by atoms with E-state index in [1.165, 1.54) is 31.4 Å². The molecule has 3 aromatic carbocycles. The highest BCUT2D eigenvalue weighted by molar-refractivity contribution is 7.95. The third-order valence-corrected chi connectivity index (χ3v) is 5.11. The second-order valence-corrected chi connectivity index (χ2v) is 7.74. The monoisotopic (exact) mass is 431 g/mol. The maximum Gasteiger partial charge on any atom is 0.387 e. The summed E-state index contributed by atoms with van der Waals surface area (Å²) in [5.74, 6) is 0.524. The van der Waals surface area contributed by atoms with Crippen molar-refractivity contribution in [2.75, 3.05) is 11.8 Å². The molecule has 0 amide bonds. The minimum atomic E-state index is -3.82. The molecule has 0 saturated heterocycles. The molecule has 0 saturated carbocycles. The van der Waals surface area contributed by atoms with Crippen molar-refractivity contribution in [3.63, 3.8) is 0 Å². The van der Waals surface area contributed by atoms with Gasteiger partial charge in [-0.1, -0.05) is 42.5 Å². The molecule has 0 heterocycles. The SMILES string of the molecule is COc1ccc(-c2cc(NS(=O)(=O)/C=C/c3ccccc3)ccc2OC(F)F)cc1. The van der Waals surface area contributed by atoms with E-state index in [9.17, 15) is 17.2 Å². The molecule has 0 bridgehead atoms. The van der Waals surface area contributed by atoms with Crippen LogP contribution < -0.4 is 14.2 Å². The molecule has 0 unspecified atom stereocenters. The van der Waals surface area contributed by atoms with E-state index in [-0.39, 0.29) is 11.4 Å². The number of anilines is 1. The van der Waals surface area contributed by atoms with E-state index in [2.05, 4.69) is 9.46 Å². The van der Waals surface area contributed by atoms with Gasteiger partial charge in [0.15, 0.2) is 0 Å². The molecule has 0 radical (unpaired) electrons. The molecule has 30 heavy (non-hydrogen) atoms. The van der Waals surface area contributed by atoms with Crippen LogP contribution in [0.15, 0.2) is 78.2 Å². The molecular weight excluding hydrogens is 412 g/mol. The smallest absolute Gasteiger partial charge is 0.387 e. The van der Waals surface area contributed by atoms with Gasteiger partial charge in [0.2, 0.25) is 0 Å². The number of ether oxygens (including phenoxy) is 2. The molecule has 1 N–H and O–H groups in total. The molecule has 8 heteroatoms. The Balaban J connectivity index is 1.90. The van der Waals surface area contributed by atoms with Crippen LogP contribution in [0, 0.1) is 0 Å². The third-order valence-electron chi connectivity index (χ3n) is 4.10. The van der Waals surface area contributed by atoms with Gasteiger partial charge in [-0.25, -0.2) is 8.42 Å². The lowest BCUT2D eigenvalue weighted by Gasteiger charge is -2.14. The lowest BCUT2D eigenvalue weighted by atomic mass is 10.0. The number of benzene rings is 3. The Bertz CT molecular complexity index is 1120. The van der Waals surface area contributed by atoms with Crippen molar-refractivity contribution in [3.05, 3.63) is 83.8 Å². The number of nitrogens with one attached hydrogen (secondary N) is 1. The van der Waals surface area contributed by atoms with Gasteiger partial charge in [-0.3, -0.25) is 4.72 Å². The van der Waals surface area contributed by atoms with E-state index < -0.39 is 16.6 Å². The zero-order valence-corrected chi connectivity index (χ0v) is 16.8. The van der Waals surface area contributed by atoms with Crippen molar-refractivity contribution in [1.29, 1.82) is 0 Å². The minimum Gasteiger partial charge on any atom is -0.497 e. The second kappa shape index (κ2) is 9.41. The predicted molar refractivity (Wildman–Crippen MR) is 113 cm³/mol. The Labute approximate surface area is 173 Å². The van der Waals surface area contributed by atoms with Crippen molar-refractivity contribution in [1.82, 2.24) is 0 Å². The zero-order chi connectivity index (χ0) is 21.6. The van der Waals surface area contributed by atoms with Crippen LogP contribution in [0.4, 0.5) is 14.5 Å². The Morgan fingerprint density at radius 3 is 2.30 bits per heavy atom. The van der Waals surface area contributed by atoms with Gasteiger partial charge in [0.25, 0.3) is 10.0 Å². The van der Waals surface area contributed by atoms with E-state index >= 15 is 0 Å². The molecule has 0 aliphatic carbocycles. The molecule has 0 spiro atoms. The molecule has 3 aromatic rings. The van der Waals surface area contributed by atoms with Gasteiger partial charge in [0.1, 0.15) is 11.5 Å². The van der Waals surface area contributed by atoms with Crippen molar-refractivity contribution >= 4 is 21.8 Å². The normalized spacial score (nSPS) is 11.6. The van der Waals surface area contributed by atoms with Crippen LogP contribution in [0.3, 0.4) is 0 Å². The Morgan fingerprint density at radius 1 is 0.967 bits per heavy atom. The van der Waals surface area contributed by atoms with E-state index in [4.69, 9.17) is 4.74 Å². The Kier molecular flexibility index (Phi) is 6.68. The van der Waals surface area contributed by atoms with Gasteiger partial charge in [-0.15, -0.1) is 0 Å². The van der Waals surface area contributed by atoms with E-state index in [0.717, 1.165) is 11.0 Å². The summed E-state index contributed by atoms with van der Waals surface area (Å²) in [5.41, 5.74) is 1.81. The Hall–Kier alpha value is -3.39. The maximum atomic E-state index is 12.8. The summed E-state index contributed by atoms with van der Waals surface area (Å²) in [5, 5.41) is 1.04. The molecule has 0 fully saturated rings. The second-order valence-electron chi connectivity index (χ2n) is 6.18. The molecule has 0 atom stereocenters. The summed E-state index contributed by atoms with van der Waals surface area (Å²) >= 11 is 0. The first kappa shape index (κ1) is 21.3. The Morgan fingerprint density at radius 2 is 1.67 bits per heavy atom. The molecule has 0 aromatic heterocycles. The number of rotatable bonds is 8. The highest BCUT2D eigenvalue weighted by Gasteiger charge is 2.14. The molecular formula is C22H19F2NO4S. The molecule has 156 valence electrons. The maximum absolute atomic E-state index is 12.8. The fraction of sp³-hybridized carbons (Fsp3) is 0.0909. The summed E-state index contributed by atoms with van der Waals surface area (Å²) in [4.78, 5) is 0. The molecule has 3 rings (SSSR count). The third kappa shape index (κ3) is 5.81. The highest BCUT2D eigenvalue weighted by atomic mass is 32.2. The largest absolute Gasteiger partial charge is 0.497 e. The van der Waals surface area contributed by atoms with Crippen LogP contribution in [-0.4, -0.2) is 22.1 Å². The van der Waals surface area contributed by atoms with Crippen LogP contribution in [0.5, 0.6) is 11.5 Å². The van der Waals surface area contributed by atoms with Crippen LogP contribution in [-0.2, 0) is 10.0 Å². The lowest BCUT2D eigenvalue weighted by Crippen LogP contribution is -2.09. The number of halogens is 2. The van der Waals surface area contributed by atoms with Crippen LogP contribution in [0.1, 0.15) is 5.56 Å². The first-order valence-electron chi connectivity index (χ1n) is 8.85.